The summed E-state index contributed by atoms with van der Waals surface area (Å²) in [6, 6.07) is 15.5. The van der Waals surface area contributed by atoms with Crippen LogP contribution in [0.1, 0.15) is 32.3 Å². The van der Waals surface area contributed by atoms with Crippen LogP contribution in [0.15, 0.2) is 53.3 Å². The van der Waals surface area contributed by atoms with Gasteiger partial charge in [0.05, 0.1) is 5.52 Å². The molecule has 6 nitrogen and oxygen atoms in total. The monoisotopic (exact) mass is 404 g/mol. The lowest BCUT2D eigenvalue weighted by molar-refractivity contribution is -0.116. The standard InChI is InChI=1S/C24H28N4O2/c1-3-18-7-6-8-19(15-18)25-22(29)16-28-21-10-5-4-9-20(21)23(26-24(28)30)27-13-11-17(2)12-14-27/h4-10,15,17H,3,11-14,16H2,1-2H3,(H,25,29). The van der Waals surface area contributed by atoms with Crippen molar-refractivity contribution in [2.24, 2.45) is 5.92 Å². The average molecular weight is 405 g/mol. The number of hydrogen-bond acceptors (Lipinski definition) is 4. The molecule has 2 aromatic carbocycles. The van der Waals surface area contributed by atoms with Crippen LogP contribution in [0.5, 0.6) is 0 Å². The van der Waals surface area contributed by atoms with Crippen molar-refractivity contribution in [1.82, 2.24) is 9.55 Å². The average Bonchev–Trinajstić information content (AvgIpc) is 2.76. The van der Waals surface area contributed by atoms with Crippen LogP contribution in [0.4, 0.5) is 11.5 Å². The second-order valence-electron chi connectivity index (χ2n) is 8.09. The molecule has 1 N–H and O–H groups in total. The summed E-state index contributed by atoms with van der Waals surface area (Å²) < 4.78 is 1.46. The Morgan fingerprint density at radius 3 is 2.67 bits per heavy atom. The third kappa shape index (κ3) is 4.22. The van der Waals surface area contributed by atoms with Gasteiger partial charge >= 0.3 is 5.69 Å². The zero-order valence-electron chi connectivity index (χ0n) is 17.6. The number of hydrogen-bond donors (Lipinski definition) is 1. The van der Waals surface area contributed by atoms with Crippen molar-refractivity contribution < 1.29 is 4.79 Å². The minimum Gasteiger partial charge on any atom is -0.356 e. The molecule has 6 heteroatoms. The maximum atomic E-state index is 12.9. The van der Waals surface area contributed by atoms with Gasteiger partial charge in [0.2, 0.25) is 5.91 Å². The molecule has 1 aliphatic rings. The molecule has 1 aliphatic heterocycles. The largest absolute Gasteiger partial charge is 0.356 e. The van der Waals surface area contributed by atoms with Gasteiger partial charge in [-0.2, -0.15) is 4.98 Å². The van der Waals surface area contributed by atoms with Gasteiger partial charge in [0.1, 0.15) is 12.4 Å². The molecule has 4 rings (SSSR count). The molecule has 0 atom stereocenters. The lowest BCUT2D eigenvalue weighted by atomic mass is 9.99. The molecule has 0 aliphatic carbocycles. The summed E-state index contributed by atoms with van der Waals surface area (Å²) in [7, 11) is 0. The van der Waals surface area contributed by atoms with Gasteiger partial charge in [-0.05, 0) is 55.0 Å². The van der Waals surface area contributed by atoms with Crippen LogP contribution < -0.4 is 15.9 Å². The minimum atomic E-state index is -0.389. The maximum Gasteiger partial charge on any atom is 0.350 e. The van der Waals surface area contributed by atoms with Crippen molar-refractivity contribution in [2.75, 3.05) is 23.3 Å². The lowest BCUT2D eigenvalue weighted by Gasteiger charge is -2.32. The number of aryl methyl sites for hydroxylation is 1. The van der Waals surface area contributed by atoms with Gasteiger partial charge < -0.3 is 10.2 Å². The number of amides is 1. The second-order valence-corrected chi connectivity index (χ2v) is 8.09. The zero-order chi connectivity index (χ0) is 21.1. The Hall–Kier alpha value is -3.15. The summed E-state index contributed by atoms with van der Waals surface area (Å²) in [5, 5.41) is 3.81. The molecule has 0 bridgehead atoms. The van der Waals surface area contributed by atoms with E-state index in [2.05, 4.69) is 29.0 Å². The summed E-state index contributed by atoms with van der Waals surface area (Å²) in [4.78, 5) is 32.2. The van der Waals surface area contributed by atoms with E-state index in [0.717, 1.165) is 60.3 Å². The second kappa shape index (κ2) is 8.69. The van der Waals surface area contributed by atoms with Gasteiger partial charge in [-0.15, -0.1) is 0 Å². The molecule has 3 aromatic rings. The van der Waals surface area contributed by atoms with Gasteiger partial charge in [0.25, 0.3) is 0 Å². The van der Waals surface area contributed by atoms with Crippen LogP contribution in [0.3, 0.4) is 0 Å². The van der Waals surface area contributed by atoms with Gasteiger partial charge in [-0.1, -0.05) is 38.1 Å². The van der Waals surface area contributed by atoms with E-state index >= 15 is 0 Å². The number of para-hydroxylation sites is 1. The first-order chi connectivity index (χ1) is 14.5. The van der Waals surface area contributed by atoms with E-state index in [1.165, 1.54) is 4.57 Å². The highest BCUT2D eigenvalue weighted by Gasteiger charge is 2.21. The zero-order valence-corrected chi connectivity index (χ0v) is 17.6. The molecule has 2 heterocycles. The highest BCUT2D eigenvalue weighted by molar-refractivity contribution is 5.93. The first kappa shape index (κ1) is 20.1. The maximum absolute atomic E-state index is 12.9. The highest BCUT2D eigenvalue weighted by atomic mass is 16.2. The first-order valence-corrected chi connectivity index (χ1v) is 10.7. The number of nitrogens with zero attached hydrogens (tertiary/aromatic N) is 3. The van der Waals surface area contributed by atoms with Crippen molar-refractivity contribution in [3.8, 4) is 0 Å². The summed E-state index contributed by atoms with van der Waals surface area (Å²) >= 11 is 0. The van der Waals surface area contributed by atoms with Gasteiger partial charge in [-0.25, -0.2) is 4.79 Å². The third-order valence-electron chi connectivity index (χ3n) is 5.87. The number of nitrogens with one attached hydrogen (secondary N) is 1. The fourth-order valence-electron chi connectivity index (χ4n) is 4.04. The molecule has 30 heavy (non-hydrogen) atoms. The van der Waals surface area contributed by atoms with Gasteiger partial charge in [0.15, 0.2) is 0 Å². The van der Waals surface area contributed by atoms with Crippen LogP contribution in [0.25, 0.3) is 10.9 Å². The van der Waals surface area contributed by atoms with E-state index in [0.29, 0.717) is 5.92 Å². The Balaban J connectivity index is 1.63. The fourth-order valence-corrected chi connectivity index (χ4v) is 4.04. The van der Waals surface area contributed by atoms with E-state index in [-0.39, 0.29) is 18.1 Å². The van der Waals surface area contributed by atoms with E-state index in [1.807, 2.05) is 48.5 Å². The van der Waals surface area contributed by atoms with Crippen LogP contribution >= 0.6 is 0 Å². The first-order valence-electron chi connectivity index (χ1n) is 10.7. The van der Waals surface area contributed by atoms with Crippen LogP contribution in [0, 0.1) is 5.92 Å². The molecule has 156 valence electrons. The molecule has 0 radical (unpaired) electrons. The summed E-state index contributed by atoms with van der Waals surface area (Å²) in [6.45, 7) is 6.06. The molecule has 0 saturated carbocycles. The topological polar surface area (TPSA) is 67.2 Å². The normalized spacial score (nSPS) is 14.8. The third-order valence-corrected chi connectivity index (χ3v) is 5.87. The number of rotatable bonds is 5. The number of fused-ring (bicyclic) bond motifs is 1. The Labute approximate surface area is 176 Å². The Morgan fingerprint density at radius 1 is 1.13 bits per heavy atom. The fraction of sp³-hybridized carbons (Fsp3) is 0.375. The van der Waals surface area contributed by atoms with E-state index in [9.17, 15) is 9.59 Å². The van der Waals surface area contributed by atoms with E-state index in [4.69, 9.17) is 0 Å². The van der Waals surface area contributed by atoms with Crippen molar-refractivity contribution in [3.05, 3.63) is 64.6 Å². The molecular weight excluding hydrogens is 376 g/mol. The number of anilines is 2. The predicted octanol–water partition coefficient (Wildman–Crippen LogP) is 3.83. The number of aromatic nitrogens is 2. The van der Waals surface area contributed by atoms with Crippen molar-refractivity contribution >= 4 is 28.3 Å². The van der Waals surface area contributed by atoms with E-state index in [1.54, 1.807) is 0 Å². The van der Waals surface area contributed by atoms with E-state index < -0.39 is 0 Å². The van der Waals surface area contributed by atoms with Crippen LogP contribution in [0.2, 0.25) is 0 Å². The number of carbonyl (C=O) groups excluding carboxylic acids is 1. The summed E-state index contributed by atoms with van der Waals surface area (Å²) in [5.41, 5.74) is 2.24. The minimum absolute atomic E-state index is 0.0694. The Bertz CT molecular complexity index is 1110. The molecule has 1 amide bonds. The smallest absolute Gasteiger partial charge is 0.350 e. The SMILES string of the molecule is CCc1cccc(NC(=O)Cn2c(=O)nc(N3CCC(C)CC3)c3ccccc32)c1. The molecule has 0 unspecified atom stereocenters. The number of benzene rings is 2. The Morgan fingerprint density at radius 2 is 1.90 bits per heavy atom. The lowest BCUT2D eigenvalue weighted by Crippen LogP contribution is -2.37. The molecule has 1 fully saturated rings. The van der Waals surface area contributed by atoms with Crippen LogP contribution in [-0.4, -0.2) is 28.5 Å². The molecule has 1 aromatic heterocycles. The van der Waals surface area contributed by atoms with Crippen molar-refractivity contribution in [3.63, 3.8) is 0 Å². The number of piperidine rings is 1. The van der Waals surface area contributed by atoms with Crippen molar-refractivity contribution in [1.29, 1.82) is 0 Å². The summed E-state index contributed by atoms with van der Waals surface area (Å²) in [5.74, 6) is 1.19. The van der Waals surface area contributed by atoms with Gasteiger partial charge in [0, 0.05) is 24.2 Å². The quantitative estimate of drug-likeness (QED) is 0.702. The summed E-state index contributed by atoms with van der Waals surface area (Å²) in [6.07, 6.45) is 3.09. The van der Waals surface area contributed by atoms with Gasteiger partial charge in [-0.3, -0.25) is 9.36 Å². The number of carbonyl (C=O) groups is 1. The van der Waals surface area contributed by atoms with Crippen LogP contribution in [-0.2, 0) is 17.8 Å². The van der Waals surface area contributed by atoms with Crippen molar-refractivity contribution in [2.45, 2.75) is 39.7 Å². The highest BCUT2D eigenvalue weighted by Crippen LogP contribution is 2.27. The molecule has 1 saturated heterocycles. The Kier molecular flexibility index (Phi) is 5.84. The molecular formula is C24H28N4O2. The predicted molar refractivity (Wildman–Crippen MR) is 121 cm³/mol. The molecule has 0 spiro atoms.